The molecule has 0 saturated carbocycles. The molecule has 32 heavy (non-hydrogen) atoms. The summed E-state index contributed by atoms with van der Waals surface area (Å²) >= 11 is 0. The number of carboxylic acid groups (broad SMARTS) is 1. The van der Waals surface area contributed by atoms with E-state index in [9.17, 15) is 14.7 Å². The molecular formula is C22H27N5O5. The Bertz CT molecular complexity index is 1100. The Morgan fingerprint density at radius 2 is 1.91 bits per heavy atom. The minimum absolute atomic E-state index is 0.0881. The number of hydrogen-bond donors (Lipinski definition) is 1. The molecular weight excluding hydrogens is 414 g/mol. The SMILES string of the molecule is CCn1nccc1CN(CCc1ccc(OC)c(OC)c1)C(=O)c1nn(C)cc1C(=O)O. The summed E-state index contributed by atoms with van der Waals surface area (Å²) in [4.78, 5) is 26.6. The zero-order chi connectivity index (χ0) is 23.3. The van der Waals surface area contributed by atoms with Gasteiger partial charge < -0.3 is 19.5 Å². The van der Waals surface area contributed by atoms with E-state index in [4.69, 9.17) is 9.47 Å². The number of nitrogens with zero attached hydrogens (tertiary/aromatic N) is 5. The van der Waals surface area contributed by atoms with Crippen molar-refractivity contribution in [2.45, 2.75) is 26.4 Å². The van der Waals surface area contributed by atoms with Crippen LogP contribution in [0.2, 0.25) is 0 Å². The van der Waals surface area contributed by atoms with Crippen molar-refractivity contribution in [3.63, 3.8) is 0 Å². The number of benzene rings is 1. The van der Waals surface area contributed by atoms with Gasteiger partial charge in [-0.2, -0.15) is 10.2 Å². The van der Waals surface area contributed by atoms with Gasteiger partial charge in [0.1, 0.15) is 5.56 Å². The number of carbonyl (C=O) groups is 2. The Hall–Kier alpha value is -3.82. The fourth-order valence-corrected chi connectivity index (χ4v) is 3.48. The number of carboxylic acids is 1. The molecule has 1 amide bonds. The molecule has 10 nitrogen and oxygen atoms in total. The van der Waals surface area contributed by atoms with E-state index in [1.807, 2.05) is 31.2 Å². The highest BCUT2D eigenvalue weighted by atomic mass is 16.5. The van der Waals surface area contributed by atoms with Crippen molar-refractivity contribution >= 4 is 11.9 Å². The van der Waals surface area contributed by atoms with E-state index in [1.165, 1.54) is 10.9 Å². The maximum atomic E-state index is 13.4. The van der Waals surface area contributed by atoms with Crippen molar-refractivity contribution in [2.75, 3.05) is 20.8 Å². The second-order valence-corrected chi connectivity index (χ2v) is 7.17. The van der Waals surface area contributed by atoms with Crippen molar-refractivity contribution in [3.8, 4) is 11.5 Å². The number of amides is 1. The largest absolute Gasteiger partial charge is 0.493 e. The van der Waals surface area contributed by atoms with Crippen LogP contribution in [0.4, 0.5) is 0 Å². The van der Waals surface area contributed by atoms with Crippen LogP contribution in [0.15, 0.2) is 36.7 Å². The molecule has 1 N–H and O–H groups in total. The normalized spacial score (nSPS) is 10.8. The van der Waals surface area contributed by atoms with Crippen molar-refractivity contribution in [1.29, 1.82) is 0 Å². The van der Waals surface area contributed by atoms with Gasteiger partial charge >= 0.3 is 5.97 Å². The molecule has 2 heterocycles. The summed E-state index contributed by atoms with van der Waals surface area (Å²) in [5.74, 6) is -0.423. The van der Waals surface area contributed by atoms with Crippen LogP contribution in [-0.4, -0.2) is 62.2 Å². The van der Waals surface area contributed by atoms with Crippen molar-refractivity contribution in [2.24, 2.45) is 7.05 Å². The van der Waals surface area contributed by atoms with Gasteiger partial charge in [-0.25, -0.2) is 4.79 Å². The highest BCUT2D eigenvalue weighted by Crippen LogP contribution is 2.28. The molecule has 2 aromatic heterocycles. The summed E-state index contributed by atoms with van der Waals surface area (Å²) in [6.07, 6.45) is 3.54. The number of carbonyl (C=O) groups excluding carboxylic acids is 1. The summed E-state index contributed by atoms with van der Waals surface area (Å²) in [7, 11) is 4.73. The molecule has 170 valence electrons. The second-order valence-electron chi connectivity index (χ2n) is 7.17. The summed E-state index contributed by atoms with van der Waals surface area (Å²) < 4.78 is 13.8. The first-order valence-corrected chi connectivity index (χ1v) is 10.2. The van der Waals surface area contributed by atoms with Gasteiger partial charge in [0.25, 0.3) is 5.91 Å². The first kappa shape index (κ1) is 22.9. The average molecular weight is 441 g/mol. The molecule has 1 aromatic carbocycles. The summed E-state index contributed by atoms with van der Waals surface area (Å²) in [5.41, 5.74) is 1.58. The summed E-state index contributed by atoms with van der Waals surface area (Å²) in [6, 6.07) is 7.43. The predicted molar refractivity (Wildman–Crippen MR) is 116 cm³/mol. The van der Waals surface area contributed by atoms with E-state index < -0.39 is 11.9 Å². The first-order valence-electron chi connectivity index (χ1n) is 10.2. The zero-order valence-electron chi connectivity index (χ0n) is 18.6. The molecule has 3 aromatic rings. The number of aromatic nitrogens is 4. The Morgan fingerprint density at radius 1 is 1.16 bits per heavy atom. The highest BCUT2D eigenvalue weighted by Gasteiger charge is 2.26. The van der Waals surface area contributed by atoms with Gasteiger partial charge in [-0.3, -0.25) is 14.2 Å². The topological polar surface area (TPSA) is 112 Å². The molecule has 0 aliphatic carbocycles. The maximum absolute atomic E-state index is 13.4. The molecule has 0 radical (unpaired) electrons. The number of aromatic carboxylic acids is 1. The number of aryl methyl sites for hydroxylation is 2. The van der Waals surface area contributed by atoms with Crippen molar-refractivity contribution in [1.82, 2.24) is 24.5 Å². The lowest BCUT2D eigenvalue weighted by atomic mass is 10.1. The Kier molecular flexibility index (Phi) is 7.14. The van der Waals surface area contributed by atoms with E-state index in [1.54, 1.807) is 37.0 Å². The molecule has 0 unspecified atom stereocenters. The van der Waals surface area contributed by atoms with Gasteiger partial charge in [-0.1, -0.05) is 6.07 Å². The third-order valence-corrected chi connectivity index (χ3v) is 5.12. The van der Waals surface area contributed by atoms with Crippen LogP contribution in [0.1, 0.15) is 39.0 Å². The lowest BCUT2D eigenvalue weighted by molar-refractivity contribution is 0.0670. The standard InChI is InChI=1S/C22H27N5O5/c1-5-27-16(8-10-23-27)13-26(21(28)20-17(22(29)30)14-25(2)24-20)11-9-15-6-7-18(31-3)19(12-15)32-4/h6-8,10,12,14H,5,9,11,13H2,1-4H3,(H,29,30). The Morgan fingerprint density at radius 3 is 2.56 bits per heavy atom. The van der Waals surface area contributed by atoms with E-state index >= 15 is 0 Å². The Balaban J connectivity index is 1.89. The first-order chi connectivity index (χ1) is 15.4. The van der Waals surface area contributed by atoms with E-state index in [2.05, 4.69) is 10.2 Å². The second kappa shape index (κ2) is 9.99. The zero-order valence-corrected chi connectivity index (χ0v) is 18.6. The van der Waals surface area contributed by atoms with Crippen LogP contribution in [0.5, 0.6) is 11.5 Å². The molecule has 0 spiro atoms. The van der Waals surface area contributed by atoms with Crippen LogP contribution in [0.3, 0.4) is 0 Å². The summed E-state index contributed by atoms with van der Waals surface area (Å²) in [6.45, 7) is 3.24. The fraction of sp³-hybridized carbons (Fsp3) is 0.364. The number of rotatable bonds is 10. The number of methoxy groups -OCH3 is 2. The van der Waals surface area contributed by atoms with Gasteiger partial charge in [-0.05, 0) is 37.1 Å². The molecule has 0 fully saturated rings. The maximum Gasteiger partial charge on any atom is 0.339 e. The lowest BCUT2D eigenvalue weighted by Crippen LogP contribution is -2.34. The monoisotopic (exact) mass is 441 g/mol. The quantitative estimate of drug-likeness (QED) is 0.513. The highest BCUT2D eigenvalue weighted by molar-refractivity contribution is 6.03. The molecule has 0 bridgehead atoms. The van der Waals surface area contributed by atoms with Crippen LogP contribution in [0.25, 0.3) is 0 Å². The minimum atomic E-state index is -1.19. The average Bonchev–Trinajstić information content (AvgIpc) is 3.41. The van der Waals surface area contributed by atoms with Crippen molar-refractivity contribution < 1.29 is 24.2 Å². The van der Waals surface area contributed by atoms with Gasteiger partial charge in [-0.15, -0.1) is 0 Å². The van der Waals surface area contributed by atoms with Crippen LogP contribution < -0.4 is 9.47 Å². The van der Waals surface area contributed by atoms with Crippen LogP contribution in [0, 0.1) is 0 Å². The number of ether oxygens (including phenoxy) is 2. The molecule has 0 aliphatic heterocycles. The van der Waals surface area contributed by atoms with Gasteiger partial charge in [0, 0.05) is 32.5 Å². The van der Waals surface area contributed by atoms with Gasteiger partial charge in [0.15, 0.2) is 17.2 Å². The minimum Gasteiger partial charge on any atom is -0.493 e. The number of hydrogen-bond acceptors (Lipinski definition) is 6. The van der Waals surface area contributed by atoms with E-state index in [0.29, 0.717) is 31.0 Å². The molecule has 0 aliphatic rings. The van der Waals surface area contributed by atoms with E-state index in [-0.39, 0.29) is 17.8 Å². The third kappa shape index (κ3) is 4.90. The lowest BCUT2D eigenvalue weighted by Gasteiger charge is -2.23. The van der Waals surface area contributed by atoms with E-state index in [0.717, 1.165) is 11.3 Å². The van der Waals surface area contributed by atoms with Crippen LogP contribution >= 0.6 is 0 Å². The third-order valence-electron chi connectivity index (χ3n) is 5.12. The smallest absolute Gasteiger partial charge is 0.339 e. The molecule has 10 heteroatoms. The van der Waals surface area contributed by atoms with Crippen molar-refractivity contribution in [3.05, 3.63) is 59.2 Å². The molecule has 0 saturated heterocycles. The predicted octanol–water partition coefficient (Wildman–Crippen LogP) is 2.24. The molecule has 0 atom stereocenters. The Labute approximate surface area is 186 Å². The summed E-state index contributed by atoms with van der Waals surface area (Å²) in [5, 5.41) is 17.9. The van der Waals surface area contributed by atoms with Gasteiger partial charge in [0.2, 0.25) is 0 Å². The molecule has 3 rings (SSSR count). The van der Waals surface area contributed by atoms with Crippen LogP contribution in [-0.2, 0) is 26.6 Å². The fourth-order valence-electron chi connectivity index (χ4n) is 3.48. The van der Waals surface area contributed by atoms with Gasteiger partial charge in [0.05, 0.1) is 26.5 Å².